The van der Waals surface area contributed by atoms with Gasteiger partial charge in [0.2, 0.25) is 11.7 Å². The zero-order valence-corrected chi connectivity index (χ0v) is 16.5. The number of carbonyl (C=O) groups excluding carboxylic acids is 3. The Hall–Kier alpha value is -1.76. The summed E-state index contributed by atoms with van der Waals surface area (Å²) >= 11 is 0. The molecule has 1 aliphatic carbocycles. The first-order chi connectivity index (χ1) is 13.0. The molecule has 0 unspecified atom stereocenters. The maximum absolute atomic E-state index is 12.6. The number of hydrogen-bond acceptors (Lipinski definition) is 5. The Morgan fingerprint density at radius 3 is 2.37 bits per heavy atom. The molecule has 0 spiro atoms. The van der Waals surface area contributed by atoms with E-state index in [2.05, 4.69) is 15.8 Å². The van der Waals surface area contributed by atoms with Crippen molar-refractivity contribution in [1.29, 1.82) is 0 Å². The van der Waals surface area contributed by atoms with Crippen molar-refractivity contribution < 1.29 is 19.1 Å². The minimum atomic E-state index is -0.794. The highest BCUT2D eigenvalue weighted by molar-refractivity contribution is 6.38. The summed E-state index contributed by atoms with van der Waals surface area (Å²) in [6.45, 7) is 5.31. The largest absolute Gasteiger partial charge is 0.381 e. The van der Waals surface area contributed by atoms with Gasteiger partial charge in [0, 0.05) is 31.3 Å². The Morgan fingerprint density at radius 1 is 1.07 bits per heavy atom. The van der Waals surface area contributed by atoms with E-state index in [-0.39, 0.29) is 23.7 Å². The summed E-state index contributed by atoms with van der Waals surface area (Å²) in [5.74, 6) is -1.11. The molecule has 27 heavy (non-hydrogen) atoms. The highest BCUT2D eigenvalue weighted by Crippen LogP contribution is 2.24. The molecule has 0 aromatic rings. The van der Waals surface area contributed by atoms with E-state index in [1.807, 2.05) is 13.8 Å². The first kappa shape index (κ1) is 21.5. The Balaban J connectivity index is 1.88. The second-order valence-corrected chi connectivity index (χ2v) is 8.06. The molecule has 0 radical (unpaired) electrons. The van der Waals surface area contributed by atoms with Crippen LogP contribution in [0.4, 0.5) is 0 Å². The standard InChI is InChI=1S/C20H33N3O4/c1-14(2)12-17(22-19(25)16-6-4-3-5-7-16)18(24)20(26)23-21-13-15-8-10-27-11-9-15/h13-17H,3-12H2,1-2H3,(H,22,25)(H,23,26)/t17-/m0/s1. The number of Topliss-reactive ketones (excluding diaryl/α,β-unsaturated/α-hetero) is 1. The van der Waals surface area contributed by atoms with Crippen LogP contribution in [0.5, 0.6) is 0 Å². The van der Waals surface area contributed by atoms with Gasteiger partial charge < -0.3 is 10.1 Å². The Labute approximate surface area is 161 Å². The number of ether oxygens (including phenoxy) is 1. The zero-order valence-electron chi connectivity index (χ0n) is 16.5. The summed E-state index contributed by atoms with van der Waals surface area (Å²) in [5, 5.41) is 6.75. The van der Waals surface area contributed by atoms with E-state index < -0.39 is 17.7 Å². The average molecular weight is 380 g/mol. The molecular formula is C20H33N3O4. The lowest BCUT2D eigenvalue weighted by Crippen LogP contribution is -2.49. The fourth-order valence-electron chi connectivity index (χ4n) is 3.64. The topological polar surface area (TPSA) is 96.9 Å². The fourth-order valence-corrected chi connectivity index (χ4v) is 3.64. The van der Waals surface area contributed by atoms with Gasteiger partial charge in [-0.2, -0.15) is 5.10 Å². The molecule has 2 amide bonds. The smallest absolute Gasteiger partial charge is 0.309 e. The molecule has 0 aromatic heterocycles. The minimum Gasteiger partial charge on any atom is -0.381 e. The molecule has 2 aliphatic rings. The molecule has 7 nitrogen and oxygen atoms in total. The number of ketones is 1. The van der Waals surface area contributed by atoms with Crippen LogP contribution in [0.3, 0.4) is 0 Å². The molecular weight excluding hydrogens is 346 g/mol. The molecule has 1 heterocycles. The first-order valence-corrected chi connectivity index (χ1v) is 10.2. The number of amides is 2. The van der Waals surface area contributed by atoms with Gasteiger partial charge in [-0.25, -0.2) is 5.43 Å². The fraction of sp³-hybridized carbons (Fsp3) is 0.800. The van der Waals surface area contributed by atoms with E-state index in [0.717, 1.165) is 44.9 Å². The van der Waals surface area contributed by atoms with Crippen molar-refractivity contribution in [2.24, 2.45) is 22.9 Å². The SMILES string of the molecule is CC(C)C[C@H](NC(=O)C1CCCCC1)C(=O)C(=O)NN=CC1CCOCC1. The third-order valence-corrected chi connectivity index (χ3v) is 5.26. The van der Waals surface area contributed by atoms with Crippen molar-refractivity contribution in [3.8, 4) is 0 Å². The average Bonchev–Trinajstić information content (AvgIpc) is 2.68. The first-order valence-electron chi connectivity index (χ1n) is 10.2. The number of rotatable bonds is 8. The summed E-state index contributed by atoms with van der Waals surface area (Å²) in [6.07, 6.45) is 8.80. The third-order valence-electron chi connectivity index (χ3n) is 5.26. The molecule has 0 aromatic carbocycles. The molecule has 2 rings (SSSR count). The molecule has 0 bridgehead atoms. The number of hydrazone groups is 1. The van der Waals surface area contributed by atoms with Crippen molar-refractivity contribution in [3.63, 3.8) is 0 Å². The van der Waals surface area contributed by atoms with E-state index in [1.165, 1.54) is 0 Å². The van der Waals surface area contributed by atoms with Gasteiger partial charge in [-0.1, -0.05) is 33.1 Å². The van der Waals surface area contributed by atoms with Gasteiger partial charge in [-0.15, -0.1) is 0 Å². The predicted octanol–water partition coefficient (Wildman–Crippen LogP) is 2.20. The van der Waals surface area contributed by atoms with Gasteiger partial charge in [0.05, 0.1) is 6.04 Å². The van der Waals surface area contributed by atoms with Crippen LogP contribution in [0.15, 0.2) is 5.10 Å². The molecule has 1 aliphatic heterocycles. The van der Waals surface area contributed by atoms with Gasteiger partial charge in [0.25, 0.3) is 0 Å². The van der Waals surface area contributed by atoms with E-state index in [9.17, 15) is 14.4 Å². The molecule has 152 valence electrons. The van der Waals surface area contributed by atoms with Crippen LogP contribution in [0, 0.1) is 17.8 Å². The molecule has 2 fully saturated rings. The second-order valence-electron chi connectivity index (χ2n) is 8.06. The molecule has 7 heteroatoms. The summed E-state index contributed by atoms with van der Waals surface area (Å²) in [6, 6.07) is -0.794. The zero-order chi connectivity index (χ0) is 19.6. The second kappa shape index (κ2) is 11.2. The van der Waals surface area contributed by atoms with Crippen LogP contribution in [0.2, 0.25) is 0 Å². The van der Waals surface area contributed by atoms with Gasteiger partial charge in [0.1, 0.15) is 0 Å². The van der Waals surface area contributed by atoms with E-state index in [0.29, 0.717) is 19.6 Å². The maximum Gasteiger partial charge on any atom is 0.309 e. The summed E-state index contributed by atoms with van der Waals surface area (Å²) in [7, 11) is 0. The van der Waals surface area contributed by atoms with Crippen LogP contribution in [-0.4, -0.2) is 43.1 Å². The van der Waals surface area contributed by atoms with Gasteiger partial charge >= 0.3 is 5.91 Å². The quantitative estimate of drug-likeness (QED) is 0.384. The highest BCUT2D eigenvalue weighted by atomic mass is 16.5. The van der Waals surface area contributed by atoms with E-state index >= 15 is 0 Å². The van der Waals surface area contributed by atoms with Gasteiger partial charge in [0.15, 0.2) is 0 Å². The lowest BCUT2D eigenvalue weighted by Gasteiger charge is -2.24. The van der Waals surface area contributed by atoms with E-state index in [4.69, 9.17) is 4.74 Å². The van der Waals surface area contributed by atoms with E-state index in [1.54, 1.807) is 6.21 Å². The summed E-state index contributed by atoms with van der Waals surface area (Å²) in [5.41, 5.74) is 2.33. The minimum absolute atomic E-state index is 0.0455. The van der Waals surface area contributed by atoms with Gasteiger partial charge in [-0.3, -0.25) is 14.4 Å². The highest BCUT2D eigenvalue weighted by Gasteiger charge is 2.30. The normalized spacial score (nSPS) is 20.6. The lowest BCUT2D eigenvalue weighted by atomic mass is 9.88. The number of nitrogens with zero attached hydrogens (tertiary/aromatic N) is 1. The van der Waals surface area contributed by atoms with Crippen molar-refractivity contribution in [2.75, 3.05) is 13.2 Å². The maximum atomic E-state index is 12.6. The Kier molecular flexibility index (Phi) is 8.91. The van der Waals surface area contributed by atoms with Crippen LogP contribution in [0.25, 0.3) is 0 Å². The number of carbonyl (C=O) groups is 3. The van der Waals surface area contributed by atoms with Gasteiger partial charge in [-0.05, 0) is 38.0 Å². The molecule has 1 saturated carbocycles. The predicted molar refractivity (Wildman–Crippen MR) is 103 cm³/mol. The Bertz CT molecular complexity index is 535. The number of nitrogens with one attached hydrogen (secondary N) is 2. The summed E-state index contributed by atoms with van der Waals surface area (Å²) in [4.78, 5) is 37.3. The van der Waals surface area contributed by atoms with Crippen LogP contribution < -0.4 is 10.7 Å². The molecule has 1 saturated heterocycles. The van der Waals surface area contributed by atoms with Crippen LogP contribution in [0.1, 0.15) is 65.2 Å². The molecule has 2 N–H and O–H groups in total. The van der Waals surface area contributed by atoms with Crippen LogP contribution >= 0.6 is 0 Å². The third kappa shape index (κ3) is 7.40. The van der Waals surface area contributed by atoms with Crippen molar-refractivity contribution >= 4 is 23.8 Å². The monoisotopic (exact) mass is 379 g/mol. The van der Waals surface area contributed by atoms with Crippen molar-refractivity contribution in [3.05, 3.63) is 0 Å². The summed E-state index contributed by atoms with van der Waals surface area (Å²) < 4.78 is 5.28. The lowest BCUT2D eigenvalue weighted by molar-refractivity contribution is -0.140. The Morgan fingerprint density at radius 2 is 1.74 bits per heavy atom. The van der Waals surface area contributed by atoms with Crippen LogP contribution in [-0.2, 0) is 19.1 Å². The molecule has 1 atom stereocenters. The number of hydrogen-bond donors (Lipinski definition) is 2. The van der Waals surface area contributed by atoms with Crippen molar-refractivity contribution in [2.45, 2.75) is 71.3 Å². The van der Waals surface area contributed by atoms with Crippen molar-refractivity contribution in [1.82, 2.24) is 10.7 Å².